The van der Waals surface area contributed by atoms with E-state index in [-0.39, 0.29) is 12.0 Å². The van der Waals surface area contributed by atoms with Crippen LogP contribution >= 0.6 is 0 Å². The number of benzene rings is 2. The van der Waals surface area contributed by atoms with Crippen molar-refractivity contribution in [1.82, 2.24) is 5.32 Å². The fraction of sp³-hybridized carbons (Fsp3) is 0.278. The van der Waals surface area contributed by atoms with Crippen LogP contribution in [-0.4, -0.2) is 19.1 Å². The molecule has 0 aliphatic heterocycles. The third kappa shape index (κ3) is 2.69. The second-order valence-electron chi connectivity index (χ2n) is 5.12. The monoisotopic (exact) mass is 281 g/mol. The largest absolute Gasteiger partial charge is 0.466 e. The van der Waals surface area contributed by atoms with E-state index >= 15 is 0 Å². The molecule has 0 saturated heterocycles. The van der Waals surface area contributed by atoms with Gasteiger partial charge in [-0.05, 0) is 29.2 Å². The van der Waals surface area contributed by atoms with Gasteiger partial charge in [0.1, 0.15) is 0 Å². The minimum absolute atomic E-state index is 0.149. The molecule has 108 valence electrons. The molecule has 0 spiro atoms. The molecular weight excluding hydrogens is 262 g/mol. The molecule has 3 heteroatoms. The van der Waals surface area contributed by atoms with Crippen LogP contribution in [0.2, 0.25) is 0 Å². The van der Waals surface area contributed by atoms with Gasteiger partial charge in [-0.25, -0.2) is 0 Å². The second kappa shape index (κ2) is 6.10. The highest BCUT2D eigenvalue weighted by Gasteiger charge is 2.27. The molecule has 0 heterocycles. The molecule has 0 atom stereocenters. The standard InChI is InChI=1S/C18H19NO2/c1-2-21-17(20)11-12-19-18-15-9-5-3-7-13(15)14-8-4-6-10-16(14)18/h3-10,18-19H,2,11-12H2,1H3. The number of ether oxygens (including phenoxy) is 1. The third-order valence-electron chi connectivity index (χ3n) is 3.82. The number of hydrogen-bond donors (Lipinski definition) is 1. The highest BCUT2D eigenvalue weighted by Crippen LogP contribution is 2.42. The summed E-state index contributed by atoms with van der Waals surface area (Å²) in [4.78, 5) is 11.4. The smallest absolute Gasteiger partial charge is 0.307 e. The van der Waals surface area contributed by atoms with Gasteiger partial charge in [-0.3, -0.25) is 4.79 Å². The molecule has 2 aromatic rings. The summed E-state index contributed by atoms with van der Waals surface area (Å²) in [7, 11) is 0. The first-order valence-corrected chi connectivity index (χ1v) is 7.38. The van der Waals surface area contributed by atoms with Gasteiger partial charge in [0.2, 0.25) is 0 Å². The highest BCUT2D eigenvalue weighted by molar-refractivity contribution is 5.78. The summed E-state index contributed by atoms with van der Waals surface area (Å²) in [5, 5.41) is 3.48. The van der Waals surface area contributed by atoms with Crippen molar-refractivity contribution in [2.24, 2.45) is 0 Å². The van der Waals surface area contributed by atoms with Crippen LogP contribution in [0.25, 0.3) is 11.1 Å². The molecule has 0 aromatic heterocycles. The van der Waals surface area contributed by atoms with Crippen LogP contribution in [0.15, 0.2) is 48.5 Å². The molecule has 1 aliphatic rings. The Morgan fingerprint density at radius 1 is 1.05 bits per heavy atom. The lowest BCUT2D eigenvalue weighted by Crippen LogP contribution is -2.24. The van der Waals surface area contributed by atoms with Crippen molar-refractivity contribution in [1.29, 1.82) is 0 Å². The number of esters is 1. The maximum absolute atomic E-state index is 11.4. The summed E-state index contributed by atoms with van der Waals surface area (Å²) in [5.74, 6) is -0.149. The van der Waals surface area contributed by atoms with Crippen LogP contribution < -0.4 is 5.32 Å². The molecule has 2 aromatic carbocycles. The van der Waals surface area contributed by atoms with Gasteiger partial charge in [0.15, 0.2) is 0 Å². The number of carbonyl (C=O) groups is 1. The predicted octanol–water partition coefficient (Wildman–Crippen LogP) is 3.30. The molecular formula is C18H19NO2. The quantitative estimate of drug-likeness (QED) is 0.855. The maximum Gasteiger partial charge on any atom is 0.307 e. The lowest BCUT2D eigenvalue weighted by Gasteiger charge is -2.15. The molecule has 0 radical (unpaired) electrons. The van der Waals surface area contributed by atoms with Crippen molar-refractivity contribution >= 4 is 5.97 Å². The lowest BCUT2D eigenvalue weighted by molar-refractivity contribution is -0.142. The fourth-order valence-corrected chi connectivity index (χ4v) is 2.93. The Kier molecular flexibility index (Phi) is 4.02. The van der Waals surface area contributed by atoms with E-state index in [2.05, 4.69) is 53.8 Å². The average Bonchev–Trinajstić information content (AvgIpc) is 2.83. The Morgan fingerprint density at radius 2 is 1.62 bits per heavy atom. The van der Waals surface area contributed by atoms with E-state index in [9.17, 15) is 4.79 Å². The summed E-state index contributed by atoms with van der Waals surface area (Å²) >= 11 is 0. The number of hydrogen-bond acceptors (Lipinski definition) is 3. The molecule has 0 fully saturated rings. The van der Waals surface area contributed by atoms with Crippen molar-refractivity contribution in [3.63, 3.8) is 0 Å². The molecule has 0 bridgehead atoms. The summed E-state index contributed by atoms with van der Waals surface area (Å²) < 4.78 is 4.97. The van der Waals surface area contributed by atoms with Crippen LogP contribution in [0.3, 0.4) is 0 Å². The number of fused-ring (bicyclic) bond motifs is 3. The van der Waals surface area contributed by atoms with Crippen LogP contribution in [-0.2, 0) is 9.53 Å². The molecule has 21 heavy (non-hydrogen) atoms. The molecule has 3 nitrogen and oxygen atoms in total. The fourth-order valence-electron chi connectivity index (χ4n) is 2.93. The summed E-state index contributed by atoms with van der Waals surface area (Å²) in [6.07, 6.45) is 0.397. The van der Waals surface area contributed by atoms with Crippen LogP contribution in [0.4, 0.5) is 0 Å². The van der Waals surface area contributed by atoms with Crippen molar-refractivity contribution in [3.8, 4) is 11.1 Å². The van der Waals surface area contributed by atoms with E-state index in [0.29, 0.717) is 19.6 Å². The van der Waals surface area contributed by atoms with Crippen molar-refractivity contribution in [3.05, 3.63) is 59.7 Å². The topological polar surface area (TPSA) is 38.3 Å². The summed E-state index contributed by atoms with van der Waals surface area (Å²) in [6, 6.07) is 17.0. The first-order valence-electron chi connectivity index (χ1n) is 7.38. The number of nitrogens with one attached hydrogen (secondary N) is 1. The number of rotatable bonds is 5. The van der Waals surface area contributed by atoms with Crippen LogP contribution in [0.5, 0.6) is 0 Å². The first kappa shape index (κ1) is 13.8. The zero-order valence-corrected chi connectivity index (χ0v) is 12.1. The molecule has 0 saturated carbocycles. The Labute approximate surface area is 124 Å². The Hall–Kier alpha value is -2.13. The van der Waals surface area contributed by atoms with Gasteiger partial charge in [0.25, 0.3) is 0 Å². The number of carbonyl (C=O) groups excluding carboxylic acids is 1. The van der Waals surface area contributed by atoms with Gasteiger partial charge in [-0.2, -0.15) is 0 Å². The molecule has 1 N–H and O–H groups in total. The van der Waals surface area contributed by atoms with Gasteiger partial charge < -0.3 is 10.1 Å². The van der Waals surface area contributed by atoms with E-state index in [0.717, 1.165) is 0 Å². The Bertz CT molecular complexity index is 606. The molecule has 1 aliphatic carbocycles. The van der Waals surface area contributed by atoms with Gasteiger partial charge in [0, 0.05) is 6.54 Å². The zero-order valence-electron chi connectivity index (χ0n) is 12.1. The third-order valence-corrected chi connectivity index (χ3v) is 3.82. The van der Waals surface area contributed by atoms with Crippen molar-refractivity contribution in [2.75, 3.05) is 13.2 Å². The summed E-state index contributed by atoms with van der Waals surface area (Å²) in [5.41, 5.74) is 5.12. The van der Waals surface area contributed by atoms with Gasteiger partial charge in [-0.1, -0.05) is 48.5 Å². The van der Waals surface area contributed by atoms with E-state index < -0.39 is 0 Å². The minimum Gasteiger partial charge on any atom is -0.466 e. The summed E-state index contributed by atoms with van der Waals surface area (Å²) in [6.45, 7) is 2.88. The first-order chi connectivity index (χ1) is 10.3. The average molecular weight is 281 g/mol. The minimum atomic E-state index is -0.149. The van der Waals surface area contributed by atoms with E-state index in [4.69, 9.17) is 4.74 Å². The highest BCUT2D eigenvalue weighted by atomic mass is 16.5. The van der Waals surface area contributed by atoms with E-state index in [1.807, 2.05) is 6.92 Å². The van der Waals surface area contributed by atoms with Crippen LogP contribution in [0, 0.1) is 0 Å². The SMILES string of the molecule is CCOC(=O)CCNC1c2ccccc2-c2ccccc21. The Morgan fingerprint density at radius 3 is 2.19 bits per heavy atom. The molecule has 0 amide bonds. The maximum atomic E-state index is 11.4. The molecule has 3 rings (SSSR count). The molecule has 0 unspecified atom stereocenters. The normalized spacial score (nSPS) is 12.8. The van der Waals surface area contributed by atoms with E-state index in [1.54, 1.807) is 0 Å². The Balaban J connectivity index is 1.78. The van der Waals surface area contributed by atoms with Crippen LogP contribution in [0.1, 0.15) is 30.5 Å². The van der Waals surface area contributed by atoms with Gasteiger partial charge in [-0.15, -0.1) is 0 Å². The van der Waals surface area contributed by atoms with Gasteiger partial charge >= 0.3 is 5.97 Å². The van der Waals surface area contributed by atoms with Gasteiger partial charge in [0.05, 0.1) is 19.1 Å². The predicted molar refractivity (Wildman–Crippen MR) is 83.0 cm³/mol. The lowest BCUT2D eigenvalue weighted by atomic mass is 10.1. The van der Waals surface area contributed by atoms with E-state index in [1.165, 1.54) is 22.3 Å². The zero-order chi connectivity index (χ0) is 14.7. The second-order valence-corrected chi connectivity index (χ2v) is 5.12. The van der Waals surface area contributed by atoms with Crippen molar-refractivity contribution < 1.29 is 9.53 Å². The van der Waals surface area contributed by atoms with Crippen molar-refractivity contribution in [2.45, 2.75) is 19.4 Å².